The smallest absolute Gasteiger partial charge is 0.347 e. The first kappa shape index (κ1) is 13.6. The molecule has 0 unspecified atom stereocenters. The third-order valence-corrected chi connectivity index (χ3v) is 3.34. The maximum atomic E-state index is 11.5. The molecule has 2 N–H and O–H groups in total. The number of thiazole rings is 1. The van der Waals surface area contributed by atoms with Crippen LogP contribution < -0.4 is 5.32 Å². The molecule has 1 aromatic heterocycles. The van der Waals surface area contributed by atoms with Gasteiger partial charge in [-0.3, -0.25) is 4.79 Å². The van der Waals surface area contributed by atoms with Crippen LogP contribution in [0, 0.1) is 6.92 Å². The SMILES string of the molecule is CCCCNC(=O)Cc1nc(C)c(C(=O)O)s1. The Morgan fingerprint density at radius 2 is 2.18 bits per heavy atom. The summed E-state index contributed by atoms with van der Waals surface area (Å²) >= 11 is 1.06. The van der Waals surface area contributed by atoms with Gasteiger partial charge in [-0.25, -0.2) is 9.78 Å². The van der Waals surface area contributed by atoms with Gasteiger partial charge in [0.25, 0.3) is 0 Å². The molecule has 94 valence electrons. The van der Waals surface area contributed by atoms with Gasteiger partial charge in [0, 0.05) is 6.54 Å². The number of nitrogens with zero attached hydrogens (tertiary/aromatic N) is 1. The lowest BCUT2D eigenvalue weighted by Crippen LogP contribution is -2.25. The van der Waals surface area contributed by atoms with Crippen LogP contribution in [0.15, 0.2) is 0 Å². The molecule has 5 nitrogen and oxygen atoms in total. The lowest BCUT2D eigenvalue weighted by molar-refractivity contribution is -0.120. The number of amides is 1. The molecule has 0 spiro atoms. The average Bonchev–Trinajstić information content (AvgIpc) is 2.60. The van der Waals surface area contributed by atoms with E-state index in [0.29, 0.717) is 17.2 Å². The lowest BCUT2D eigenvalue weighted by Gasteiger charge is -2.01. The number of carbonyl (C=O) groups is 2. The predicted octanol–water partition coefficient (Wildman–Crippen LogP) is 1.61. The van der Waals surface area contributed by atoms with Crippen LogP contribution in [0.4, 0.5) is 0 Å². The molecule has 0 radical (unpaired) electrons. The first-order valence-electron chi connectivity index (χ1n) is 5.51. The van der Waals surface area contributed by atoms with E-state index in [0.717, 1.165) is 24.2 Å². The van der Waals surface area contributed by atoms with Gasteiger partial charge in [0.05, 0.1) is 12.1 Å². The molecule has 0 aromatic carbocycles. The van der Waals surface area contributed by atoms with Crippen molar-refractivity contribution in [2.24, 2.45) is 0 Å². The van der Waals surface area contributed by atoms with Crippen LogP contribution in [0.5, 0.6) is 0 Å². The molecule has 1 rings (SSSR count). The van der Waals surface area contributed by atoms with Crippen LogP contribution in [0.1, 0.15) is 40.1 Å². The Hall–Kier alpha value is -1.43. The van der Waals surface area contributed by atoms with Crippen molar-refractivity contribution in [2.75, 3.05) is 6.54 Å². The summed E-state index contributed by atoms with van der Waals surface area (Å²) in [6.45, 7) is 4.35. The zero-order chi connectivity index (χ0) is 12.8. The van der Waals surface area contributed by atoms with Crippen molar-refractivity contribution in [3.63, 3.8) is 0 Å². The monoisotopic (exact) mass is 256 g/mol. The van der Waals surface area contributed by atoms with Crippen LogP contribution in [-0.4, -0.2) is 28.5 Å². The van der Waals surface area contributed by atoms with E-state index in [1.807, 2.05) is 0 Å². The molecule has 0 fully saturated rings. The first-order chi connectivity index (χ1) is 8.04. The number of hydrogen-bond donors (Lipinski definition) is 2. The first-order valence-corrected chi connectivity index (χ1v) is 6.32. The van der Waals surface area contributed by atoms with Gasteiger partial charge in [-0.15, -0.1) is 11.3 Å². The zero-order valence-electron chi connectivity index (χ0n) is 9.95. The number of aromatic nitrogens is 1. The second kappa shape index (κ2) is 6.34. The van der Waals surface area contributed by atoms with Gasteiger partial charge in [-0.05, 0) is 13.3 Å². The number of rotatable bonds is 6. The highest BCUT2D eigenvalue weighted by Gasteiger charge is 2.15. The number of hydrogen-bond acceptors (Lipinski definition) is 4. The van der Waals surface area contributed by atoms with Crippen LogP contribution in [0.25, 0.3) is 0 Å². The summed E-state index contributed by atoms with van der Waals surface area (Å²) in [4.78, 5) is 26.6. The normalized spacial score (nSPS) is 10.2. The quantitative estimate of drug-likeness (QED) is 0.758. The summed E-state index contributed by atoms with van der Waals surface area (Å²) in [6.07, 6.45) is 2.13. The molecule has 0 atom stereocenters. The third-order valence-electron chi connectivity index (χ3n) is 2.20. The van der Waals surface area contributed by atoms with Crippen molar-refractivity contribution in [3.05, 3.63) is 15.6 Å². The van der Waals surface area contributed by atoms with Gasteiger partial charge in [-0.2, -0.15) is 0 Å². The molecule has 0 aliphatic heterocycles. The number of unbranched alkanes of at least 4 members (excludes halogenated alkanes) is 1. The van der Waals surface area contributed by atoms with E-state index in [9.17, 15) is 9.59 Å². The van der Waals surface area contributed by atoms with Crippen molar-refractivity contribution < 1.29 is 14.7 Å². The van der Waals surface area contributed by atoms with E-state index >= 15 is 0 Å². The van der Waals surface area contributed by atoms with Gasteiger partial charge < -0.3 is 10.4 Å². The number of aromatic carboxylic acids is 1. The van der Waals surface area contributed by atoms with Crippen LogP contribution >= 0.6 is 11.3 Å². The molecule has 6 heteroatoms. The van der Waals surface area contributed by atoms with Crippen molar-refractivity contribution >= 4 is 23.2 Å². The maximum Gasteiger partial charge on any atom is 0.347 e. The predicted molar refractivity (Wildman–Crippen MR) is 65.4 cm³/mol. The molecule has 17 heavy (non-hydrogen) atoms. The fourth-order valence-electron chi connectivity index (χ4n) is 1.33. The molecule has 0 aliphatic rings. The minimum Gasteiger partial charge on any atom is -0.477 e. The van der Waals surface area contributed by atoms with E-state index in [1.165, 1.54) is 0 Å². The topological polar surface area (TPSA) is 79.3 Å². The summed E-state index contributed by atoms with van der Waals surface area (Å²) in [6, 6.07) is 0. The van der Waals surface area contributed by atoms with Crippen molar-refractivity contribution in [1.82, 2.24) is 10.3 Å². The number of aryl methyl sites for hydroxylation is 1. The van der Waals surface area contributed by atoms with Gasteiger partial charge in [0.1, 0.15) is 9.88 Å². The second-order valence-electron chi connectivity index (χ2n) is 3.71. The van der Waals surface area contributed by atoms with E-state index in [-0.39, 0.29) is 17.2 Å². The Morgan fingerprint density at radius 3 is 2.71 bits per heavy atom. The zero-order valence-corrected chi connectivity index (χ0v) is 10.8. The summed E-state index contributed by atoms with van der Waals surface area (Å²) < 4.78 is 0. The highest BCUT2D eigenvalue weighted by Crippen LogP contribution is 2.18. The van der Waals surface area contributed by atoms with Gasteiger partial charge in [0.2, 0.25) is 5.91 Å². The minimum atomic E-state index is -0.988. The van der Waals surface area contributed by atoms with Gasteiger partial charge in [-0.1, -0.05) is 13.3 Å². The van der Waals surface area contributed by atoms with Crippen LogP contribution in [0.3, 0.4) is 0 Å². The molecule has 1 amide bonds. The van der Waals surface area contributed by atoms with Crippen LogP contribution in [-0.2, 0) is 11.2 Å². The number of carboxylic acids is 1. The molecule has 1 aromatic rings. The van der Waals surface area contributed by atoms with E-state index < -0.39 is 5.97 Å². The van der Waals surface area contributed by atoms with E-state index in [4.69, 9.17) is 5.11 Å². The number of nitrogens with one attached hydrogen (secondary N) is 1. The highest BCUT2D eigenvalue weighted by molar-refractivity contribution is 7.13. The number of carbonyl (C=O) groups excluding carboxylic acids is 1. The van der Waals surface area contributed by atoms with E-state index in [2.05, 4.69) is 17.2 Å². The molecule has 0 aliphatic carbocycles. The Labute approximate surface area is 104 Å². The fourth-order valence-corrected chi connectivity index (χ4v) is 2.23. The van der Waals surface area contributed by atoms with E-state index in [1.54, 1.807) is 6.92 Å². The minimum absolute atomic E-state index is 0.107. The second-order valence-corrected chi connectivity index (χ2v) is 4.79. The lowest BCUT2D eigenvalue weighted by atomic mass is 10.3. The Balaban J connectivity index is 2.54. The fraction of sp³-hybridized carbons (Fsp3) is 0.545. The summed E-state index contributed by atoms with van der Waals surface area (Å²) in [5.41, 5.74) is 0.471. The molecular weight excluding hydrogens is 240 g/mol. The van der Waals surface area contributed by atoms with Crippen molar-refractivity contribution in [2.45, 2.75) is 33.1 Å². The summed E-state index contributed by atoms with van der Waals surface area (Å²) in [5.74, 6) is -1.10. The molecule has 0 bridgehead atoms. The van der Waals surface area contributed by atoms with Crippen molar-refractivity contribution in [3.8, 4) is 0 Å². The largest absolute Gasteiger partial charge is 0.477 e. The third kappa shape index (κ3) is 4.14. The summed E-state index contributed by atoms with van der Waals surface area (Å²) in [7, 11) is 0. The molecule has 1 heterocycles. The average molecular weight is 256 g/mol. The van der Waals surface area contributed by atoms with Crippen molar-refractivity contribution in [1.29, 1.82) is 0 Å². The maximum absolute atomic E-state index is 11.5. The Bertz CT molecular complexity index is 415. The standard InChI is InChI=1S/C11H16N2O3S/c1-3-4-5-12-8(14)6-9-13-7(2)10(17-9)11(15)16/h3-6H2,1-2H3,(H,12,14)(H,15,16). The van der Waals surface area contributed by atoms with Gasteiger partial charge in [0.15, 0.2) is 0 Å². The Kier molecular flexibility index (Phi) is 5.09. The molecule has 0 saturated heterocycles. The highest BCUT2D eigenvalue weighted by atomic mass is 32.1. The molecule has 0 saturated carbocycles. The van der Waals surface area contributed by atoms with Gasteiger partial charge >= 0.3 is 5.97 Å². The molecular formula is C11H16N2O3S. The summed E-state index contributed by atoms with van der Waals surface area (Å²) in [5, 5.41) is 12.2. The number of carboxylic acid groups (broad SMARTS) is 1. The van der Waals surface area contributed by atoms with Crippen LogP contribution in [0.2, 0.25) is 0 Å². The Morgan fingerprint density at radius 1 is 1.47 bits per heavy atom.